The zero-order valence-electron chi connectivity index (χ0n) is 9.33. The second-order valence-corrected chi connectivity index (χ2v) is 3.35. The van der Waals surface area contributed by atoms with E-state index in [9.17, 15) is 9.90 Å². The number of rotatable bonds is 3. The van der Waals surface area contributed by atoms with Gasteiger partial charge in [0.05, 0.1) is 18.5 Å². The van der Waals surface area contributed by atoms with Gasteiger partial charge >= 0.3 is 5.97 Å². The zero-order chi connectivity index (χ0) is 12.3. The third kappa shape index (κ3) is 2.13. The molecule has 0 radical (unpaired) electrons. The van der Waals surface area contributed by atoms with Gasteiger partial charge in [-0.25, -0.2) is 9.48 Å². The van der Waals surface area contributed by atoms with Gasteiger partial charge in [0.2, 0.25) is 5.88 Å². The van der Waals surface area contributed by atoms with Crippen LogP contribution in [0.3, 0.4) is 0 Å². The Bertz CT molecular complexity index is 520. The average molecular weight is 232 g/mol. The zero-order valence-corrected chi connectivity index (χ0v) is 9.33. The fourth-order valence-corrected chi connectivity index (χ4v) is 1.45. The van der Waals surface area contributed by atoms with Gasteiger partial charge in [-0.05, 0) is 19.1 Å². The van der Waals surface area contributed by atoms with Crippen LogP contribution in [0, 0.1) is 0 Å². The lowest BCUT2D eigenvalue weighted by Gasteiger charge is -2.03. The maximum absolute atomic E-state index is 11.5. The molecule has 0 aliphatic rings. The van der Waals surface area contributed by atoms with Crippen molar-refractivity contribution in [1.82, 2.24) is 9.78 Å². The molecule has 0 aliphatic carbocycles. The number of aromatic nitrogens is 2. The molecule has 1 aromatic carbocycles. The number of hydrogen-bond donors (Lipinski definition) is 1. The number of hydrogen-bond acceptors (Lipinski definition) is 4. The summed E-state index contributed by atoms with van der Waals surface area (Å²) >= 11 is 0. The summed E-state index contributed by atoms with van der Waals surface area (Å²) in [7, 11) is 0. The Hall–Kier alpha value is -2.30. The summed E-state index contributed by atoms with van der Waals surface area (Å²) in [6.45, 7) is 1.96. The van der Waals surface area contributed by atoms with Crippen LogP contribution in [0.25, 0.3) is 5.69 Å². The largest absolute Gasteiger partial charge is 0.493 e. The van der Waals surface area contributed by atoms with E-state index in [1.54, 1.807) is 19.1 Å². The predicted octanol–water partition coefficient (Wildman–Crippen LogP) is 1.75. The number of aromatic hydroxyl groups is 1. The molecule has 17 heavy (non-hydrogen) atoms. The van der Waals surface area contributed by atoms with E-state index >= 15 is 0 Å². The van der Waals surface area contributed by atoms with Crippen molar-refractivity contribution in [2.75, 3.05) is 6.61 Å². The highest BCUT2D eigenvalue weighted by atomic mass is 16.5. The fraction of sp³-hybridized carbons (Fsp3) is 0.167. The monoisotopic (exact) mass is 232 g/mol. The minimum atomic E-state index is -0.577. The smallest absolute Gasteiger partial charge is 0.345 e. The molecule has 2 rings (SSSR count). The molecule has 0 fully saturated rings. The molecule has 5 heteroatoms. The number of benzene rings is 1. The van der Waals surface area contributed by atoms with Crippen molar-refractivity contribution in [3.05, 3.63) is 42.1 Å². The van der Waals surface area contributed by atoms with E-state index in [1.807, 2.05) is 18.2 Å². The summed E-state index contributed by atoms with van der Waals surface area (Å²) in [5.74, 6) is -0.790. The third-order valence-corrected chi connectivity index (χ3v) is 2.24. The number of esters is 1. The molecule has 0 saturated heterocycles. The molecule has 1 aromatic heterocycles. The Morgan fingerprint density at radius 2 is 2.12 bits per heavy atom. The molecule has 0 unspecified atom stereocenters. The Kier molecular flexibility index (Phi) is 3.09. The van der Waals surface area contributed by atoms with Crippen molar-refractivity contribution < 1.29 is 14.6 Å². The Morgan fingerprint density at radius 3 is 2.76 bits per heavy atom. The molecular formula is C12H12N2O3. The molecule has 88 valence electrons. The van der Waals surface area contributed by atoms with Gasteiger partial charge in [0, 0.05) is 0 Å². The number of ether oxygens (including phenoxy) is 1. The lowest BCUT2D eigenvalue weighted by molar-refractivity contribution is 0.0523. The van der Waals surface area contributed by atoms with Gasteiger partial charge in [-0.3, -0.25) is 0 Å². The summed E-state index contributed by atoms with van der Waals surface area (Å²) in [5.41, 5.74) is 0.747. The maximum atomic E-state index is 11.5. The maximum Gasteiger partial charge on any atom is 0.345 e. The molecule has 1 heterocycles. The number of carbonyl (C=O) groups is 1. The summed E-state index contributed by atoms with van der Waals surface area (Å²) in [5, 5.41) is 13.8. The van der Waals surface area contributed by atoms with Crippen molar-refractivity contribution in [2.45, 2.75) is 6.92 Å². The van der Waals surface area contributed by atoms with Crippen molar-refractivity contribution in [2.24, 2.45) is 0 Å². The van der Waals surface area contributed by atoms with Crippen LogP contribution in [-0.2, 0) is 4.74 Å². The summed E-state index contributed by atoms with van der Waals surface area (Å²) < 4.78 is 6.09. The van der Waals surface area contributed by atoms with Crippen molar-refractivity contribution >= 4 is 5.97 Å². The van der Waals surface area contributed by atoms with Gasteiger partial charge in [0.15, 0.2) is 0 Å². The van der Waals surface area contributed by atoms with Crippen molar-refractivity contribution in [1.29, 1.82) is 0 Å². The van der Waals surface area contributed by atoms with Crippen LogP contribution >= 0.6 is 0 Å². The van der Waals surface area contributed by atoms with Crippen LogP contribution in [0.5, 0.6) is 5.88 Å². The van der Waals surface area contributed by atoms with E-state index in [2.05, 4.69) is 5.10 Å². The molecule has 5 nitrogen and oxygen atoms in total. The molecule has 0 spiro atoms. The van der Waals surface area contributed by atoms with Gasteiger partial charge in [-0.2, -0.15) is 5.10 Å². The second-order valence-electron chi connectivity index (χ2n) is 3.35. The quantitative estimate of drug-likeness (QED) is 0.819. The molecule has 0 amide bonds. The summed E-state index contributed by atoms with van der Waals surface area (Å²) in [6, 6.07) is 9.06. The predicted molar refractivity (Wildman–Crippen MR) is 61.2 cm³/mol. The molecule has 0 aliphatic heterocycles. The van der Waals surface area contributed by atoms with Gasteiger partial charge in [-0.15, -0.1) is 0 Å². The third-order valence-electron chi connectivity index (χ3n) is 2.24. The van der Waals surface area contributed by atoms with Crippen molar-refractivity contribution in [3.63, 3.8) is 0 Å². The molecule has 1 N–H and O–H groups in total. The average Bonchev–Trinajstić information content (AvgIpc) is 2.72. The highest BCUT2D eigenvalue weighted by Crippen LogP contribution is 2.21. The molecule has 0 saturated carbocycles. The number of nitrogens with zero attached hydrogens (tertiary/aromatic N) is 2. The SMILES string of the molecule is CCOC(=O)c1cnn(-c2ccccc2)c1O. The van der Waals surface area contributed by atoms with Gasteiger partial charge < -0.3 is 9.84 Å². The second kappa shape index (κ2) is 4.69. The number of carbonyl (C=O) groups excluding carboxylic acids is 1. The molecule has 2 aromatic rings. The van der Waals surface area contributed by atoms with E-state index in [1.165, 1.54) is 10.9 Å². The lowest BCUT2D eigenvalue weighted by atomic mass is 10.3. The minimum Gasteiger partial charge on any atom is -0.493 e. The number of para-hydroxylation sites is 1. The van der Waals surface area contributed by atoms with Crippen LogP contribution in [0.1, 0.15) is 17.3 Å². The van der Waals surface area contributed by atoms with E-state index in [4.69, 9.17) is 4.74 Å². The summed E-state index contributed by atoms with van der Waals surface area (Å²) in [6.07, 6.45) is 1.29. The van der Waals surface area contributed by atoms with E-state index in [0.717, 1.165) is 0 Å². The highest BCUT2D eigenvalue weighted by Gasteiger charge is 2.18. The first-order valence-corrected chi connectivity index (χ1v) is 5.23. The van der Waals surface area contributed by atoms with E-state index in [-0.39, 0.29) is 18.1 Å². The summed E-state index contributed by atoms with van der Waals surface area (Å²) in [4.78, 5) is 11.5. The van der Waals surface area contributed by atoms with Gasteiger partial charge in [0.1, 0.15) is 5.56 Å². The topological polar surface area (TPSA) is 64.3 Å². The van der Waals surface area contributed by atoms with Gasteiger partial charge in [-0.1, -0.05) is 18.2 Å². The van der Waals surface area contributed by atoms with Crippen LogP contribution < -0.4 is 0 Å². The Labute approximate surface area is 98.3 Å². The molecule has 0 atom stereocenters. The lowest BCUT2D eigenvalue weighted by Crippen LogP contribution is -2.04. The molecule has 0 bridgehead atoms. The first-order chi connectivity index (χ1) is 8.24. The normalized spacial score (nSPS) is 10.2. The molecular weight excluding hydrogens is 220 g/mol. The minimum absolute atomic E-state index is 0.0655. The van der Waals surface area contributed by atoms with Gasteiger partial charge in [0.25, 0.3) is 0 Å². The first-order valence-electron chi connectivity index (χ1n) is 5.23. The Balaban J connectivity index is 2.37. The van der Waals surface area contributed by atoms with Crippen LogP contribution in [0.15, 0.2) is 36.5 Å². The Morgan fingerprint density at radius 1 is 1.41 bits per heavy atom. The fourth-order valence-electron chi connectivity index (χ4n) is 1.45. The van der Waals surface area contributed by atoms with Crippen LogP contribution in [-0.4, -0.2) is 27.5 Å². The highest BCUT2D eigenvalue weighted by molar-refractivity contribution is 5.91. The van der Waals surface area contributed by atoms with Crippen LogP contribution in [0.4, 0.5) is 0 Å². The first kappa shape index (κ1) is 11.2. The van der Waals surface area contributed by atoms with Crippen LogP contribution in [0.2, 0.25) is 0 Å². The standard InChI is InChI=1S/C12H12N2O3/c1-2-17-12(16)10-8-13-14(11(10)15)9-6-4-3-5-7-9/h3-8,15H,2H2,1H3. The van der Waals surface area contributed by atoms with E-state index in [0.29, 0.717) is 5.69 Å². The van der Waals surface area contributed by atoms with Crippen molar-refractivity contribution in [3.8, 4) is 11.6 Å². The van der Waals surface area contributed by atoms with E-state index < -0.39 is 5.97 Å².